The van der Waals surface area contributed by atoms with Crippen molar-refractivity contribution in [2.24, 2.45) is 0 Å². The van der Waals surface area contributed by atoms with Gasteiger partial charge in [-0.25, -0.2) is 0 Å². The molecule has 3 rings (SSSR count). The molecule has 6 heteroatoms. The summed E-state index contributed by atoms with van der Waals surface area (Å²) in [5.41, 5.74) is -0.0542. The van der Waals surface area contributed by atoms with Gasteiger partial charge in [0.05, 0.1) is 11.7 Å². The van der Waals surface area contributed by atoms with Crippen molar-refractivity contribution in [2.45, 2.75) is 31.1 Å². The molecular formula is C16H24N2O3S. The highest BCUT2D eigenvalue weighted by Gasteiger charge is 2.47. The van der Waals surface area contributed by atoms with Gasteiger partial charge in [0, 0.05) is 51.6 Å². The average Bonchev–Trinajstić information content (AvgIpc) is 2.96. The molecule has 2 aliphatic rings. The highest BCUT2D eigenvalue weighted by Crippen LogP contribution is 2.36. The Balaban J connectivity index is 1.44. The van der Waals surface area contributed by atoms with Crippen molar-refractivity contribution in [2.75, 3.05) is 40.4 Å². The molecule has 1 amide bonds. The van der Waals surface area contributed by atoms with E-state index in [1.165, 1.54) is 4.88 Å². The fraction of sp³-hybridized carbons (Fsp3) is 0.688. The Hall–Kier alpha value is -0.950. The van der Waals surface area contributed by atoms with Crippen molar-refractivity contribution in [1.82, 2.24) is 9.80 Å². The van der Waals surface area contributed by atoms with Gasteiger partial charge in [0.1, 0.15) is 6.61 Å². The van der Waals surface area contributed by atoms with Crippen LogP contribution in [0.5, 0.6) is 0 Å². The number of hydrogen-bond acceptors (Lipinski definition) is 5. The summed E-state index contributed by atoms with van der Waals surface area (Å²) in [6.07, 6.45) is 1.92. The van der Waals surface area contributed by atoms with Crippen LogP contribution in [0.15, 0.2) is 17.5 Å². The molecule has 1 aromatic rings. The smallest absolute Gasteiger partial charge is 0.248 e. The van der Waals surface area contributed by atoms with E-state index < -0.39 is 0 Å². The number of carbonyl (C=O) groups excluding carboxylic acids is 1. The Labute approximate surface area is 135 Å². The van der Waals surface area contributed by atoms with Crippen LogP contribution >= 0.6 is 11.3 Å². The lowest BCUT2D eigenvalue weighted by Crippen LogP contribution is -2.65. The van der Waals surface area contributed by atoms with Crippen molar-refractivity contribution in [3.05, 3.63) is 22.4 Å². The molecule has 0 aliphatic carbocycles. The van der Waals surface area contributed by atoms with Gasteiger partial charge < -0.3 is 14.4 Å². The molecule has 5 nitrogen and oxygen atoms in total. The fourth-order valence-electron chi connectivity index (χ4n) is 3.17. The Morgan fingerprint density at radius 1 is 1.55 bits per heavy atom. The largest absolute Gasteiger partial charge is 0.372 e. The lowest BCUT2D eigenvalue weighted by Gasteiger charge is -2.53. The molecule has 3 heterocycles. The van der Waals surface area contributed by atoms with Gasteiger partial charge in [-0.2, -0.15) is 0 Å². The maximum atomic E-state index is 11.6. The number of nitrogens with zero attached hydrogens (tertiary/aromatic N) is 2. The van der Waals surface area contributed by atoms with E-state index in [2.05, 4.69) is 22.4 Å². The molecule has 0 radical (unpaired) electrons. The summed E-state index contributed by atoms with van der Waals surface area (Å²) in [5.74, 6) is 0.0217. The van der Waals surface area contributed by atoms with E-state index in [1.54, 1.807) is 30.3 Å². The number of thiophene rings is 1. The number of likely N-dealkylation sites (N-methyl/N-ethyl adjacent to an activating group) is 1. The van der Waals surface area contributed by atoms with E-state index >= 15 is 0 Å². The Morgan fingerprint density at radius 2 is 2.36 bits per heavy atom. The van der Waals surface area contributed by atoms with Crippen molar-refractivity contribution in [1.29, 1.82) is 0 Å². The van der Waals surface area contributed by atoms with Crippen LogP contribution in [0.3, 0.4) is 0 Å². The Kier molecular flexibility index (Phi) is 4.82. The van der Waals surface area contributed by atoms with Gasteiger partial charge in [0.2, 0.25) is 5.91 Å². The van der Waals surface area contributed by atoms with E-state index in [-0.39, 0.29) is 24.2 Å². The second-order valence-electron chi connectivity index (χ2n) is 6.47. The third-order valence-corrected chi connectivity index (χ3v) is 5.23. The van der Waals surface area contributed by atoms with Crippen molar-refractivity contribution in [3.8, 4) is 0 Å². The van der Waals surface area contributed by atoms with Gasteiger partial charge in [0.15, 0.2) is 0 Å². The van der Waals surface area contributed by atoms with Crippen LogP contribution in [0.25, 0.3) is 0 Å². The number of amides is 1. The minimum absolute atomic E-state index is 0.0217. The van der Waals surface area contributed by atoms with E-state index in [4.69, 9.17) is 9.47 Å². The zero-order valence-corrected chi connectivity index (χ0v) is 14.1. The summed E-state index contributed by atoms with van der Waals surface area (Å²) in [6, 6.07) is 4.27. The third kappa shape index (κ3) is 3.68. The van der Waals surface area contributed by atoms with Gasteiger partial charge in [-0.3, -0.25) is 9.69 Å². The standard InChI is InChI=1S/C16H24N2O3S/c1-17(2)15(19)10-20-13-5-6-21-16(8-13)11-18(12-16)9-14-4-3-7-22-14/h3-4,7,13H,5-6,8-12H2,1-2H3/t13-/m0/s1. The van der Waals surface area contributed by atoms with Crippen molar-refractivity contribution >= 4 is 17.2 Å². The molecule has 0 N–H and O–H groups in total. The molecule has 1 atom stereocenters. The first-order valence-corrected chi connectivity index (χ1v) is 8.65. The number of carbonyl (C=O) groups is 1. The summed E-state index contributed by atoms with van der Waals surface area (Å²) in [4.78, 5) is 17.0. The molecule has 2 saturated heterocycles. The molecule has 0 aromatic carbocycles. The predicted octanol–water partition coefficient (Wildman–Crippen LogP) is 1.59. The first-order chi connectivity index (χ1) is 10.6. The lowest BCUT2D eigenvalue weighted by molar-refractivity contribution is -0.199. The molecule has 1 aromatic heterocycles. The van der Waals surface area contributed by atoms with E-state index in [1.807, 2.05) is 0 Å². The van der Waals surface area contributed by atoms with E-state index in [0.717, 1.165) is 39.1 Å². The third-order valence-electron chi connectivity index (χ3n) is 4.37. The normalized spacial score (nSPS) is 24.2. The minimum atomic E-state index is -0.0542. The van der Waals surface area contributed by atoms with Gasteiger partial charge in [-0.1, -0.05) is 6.07 Å². The Morgan fingerprint density at radius 3 is 3.05 bits per heavy atom. The van der Waals surface area contributed by atoms with Crippen LogP contribution in [0, 0.1) is 0 Å². The van der Waals surface area contributed by atoms with Crippen LogP contribution in [-0.2, 0) is 20.8 Å². The van der Waals surface area contributed by atoms with E-state index in [9.17, 15) is 4.79 Å². The number of rotatable bonds is 5. The number of likely N-dealkylation sites (tertiary alicyclic amines) is 1. The van der Waals surface area contributed by atoms with Crippen molar-refractivity contribution < 1.29 is 14.3 Å². The molecule has 0 saturated carbocycles. The second-order valence-corrected chi connectivity index (χ2v) is 7.50. The van der Waals surface area contributed by atoms with Crippen LogP contribution in [0.1, 0.15) is 17.7 Å². The highest BCUT2D eigenvalue weighted by molar-refractivity contribution is 7.09. The van der Waals surface area contributed by atoms with Gasteiger partial charge in [0.25, 0.3) is 0 Å². The molecule has 1 spiro atoms. The van der Waals surface area contributed by atoms with Gasteiger partial charge in [-0.05, 0) is 17.9 Å². The average molecular weight is 324 g/mol. The molecular weight excluding hydrogens is 300 g/mol. The van der Waals surface area contributed by atoms with Crippen molar-refractivity contribution in [3.63, 3.8) is 0 Å². The highest BCUT2D eigenvalue weighted by atomic mass is 32.1. The molecule has 2 aliphatic heterocycles. The predicted molar refractivity (Wildman–Crippen MR) is 85.9 cm³/mol. The van der Waals surface area contributed by atoms with Gasteiger partial charge >= 0.3 is 0 Å². The lowest BCUT2D eigenvalue weighted by atomic mass is 9.84. The Bertz CT molecular complexity index is 497. The topological polar surface area (TPSA) is 42.0 Å². The summed E-state index contributed by atoms with van der Waals surface area (Å²) in [7, 11) is 3.51. The van der Waals surface area contributed by atoms with Crippen LogP contribution < -0.4 is 0 Å². The molecule has 0 unspecified atom stereocenters. The second kappa shape index (κ2) is 6.66. The summed E-state index contributed by atoms with van der Waals surface area (Å²) in [5, 5.41) is 2.12. The first kappa shape index (κ1) is 15.9. The SMILES string of the molecule is CN(C)C(=O)CO[C@H]1CCOC2(C1)CN(Cc1cccs1)C2. The number of ether oxygens (including phenoxy) is 2. The minimum Gasteiger partial charge on any atom is -0.372 e. The summed E-state index contributed by atoms with van der Waals surface area (Å²) in [6.45, 7) is 3.84. The summed E-state index contributed by atoms with van der Waals surface area (Å²) >= 11 is 1.80. The first-order valence-electron chi connectivity index (χ1n) is 7.77. The summed E-state index contributed by atoms with van der Waals surface area (Å²) < 4.78 is 11.8. The zero-order chi connectivity index (χ0) is 15.6. The molecule has 2 fully saturated rings. The van der Waals surface area contributed by atoms with Crippen LogP contribution in [0.2, 0.25) is 0 Å². The maximum Gasteiger partial charge on any atom is 0.248 e. The quantitative estimate of drug-likeness (QED) is 0.825. The zero-order valence-electron chi connectivity index (χ0n) is 13.3. The van der Waals surface area contributed by atoms with E-state index in [0.29, 0.717) is 0 Å². The molecule has 0 bridgehead atoms. The maximum absolute atomic E-state index is 11.6. The number of hydrogen-bond donors (Lipinski definition) is 0. The monoisotopic (exact) mass is 324 g/mol. The van der Waals surface area contributed by atoms with Gasteiger partial charge in [-0.15, -0.1) is 11.3 Å². The van der Waals surface area contributed by atoms with Crippen LogP contribution in [0.4, 0.5) is 0 Å². The van der Waals surface area contributed by atoms with Crippen LogP contribution in [-0.4, -0.2) is 67.8 Å². The molecule has 122 valence electrons. The fourth-order valence-corrected chi connectivity index (χ4v) is 3.91. The molecule has 22 heavy (non-hydrogen) atoms.